The Hall–Kier alpha value is -1.93. The lowest BCUT2D eigenvalue weighted by molar-refractivity contribution is 0.00905. The molecule has 0 radical (unpaired) electrons. The standard InChI is InChI=1S/C19H33N7O/c1-19(2,26-9-5-16(27-3)6-10-26)15-23-17(20)24-11-13-25(14-12-24)18-21-7-4-8-22-18/h4,7-8,16H,5-6,9-15H2,1-3H3,(H2,20,23). The Morgan fingerprint density at radius 3 is 2.37 bits per heavy atom. The topological polar surface area (TPSA) is 83.1 Å². The Kier molecular flexibility index (Phi) is 6.49. The second-order valence-corrected chi connectivity index (χ2v) is 7.93. The SMILES string of the molecule is COC1CCN(C(C)(C)CN=C(N)N2CCN(c3ncccn3)CC2)CC1. The van der Waals surface area contributed by atoms with Gasteiger partial charge >= 0.3 is 0 Å². The highest BCUT2D eigenvalue weighted by Crippen LogP contribution is 2.22. The quantitative estimate of drug-likeness (QED) is 0.602. The number of aromatic nitrogens is 2. The number of hydrogen-bond acceptors (Lipinski definition) is 6. The highest BCUT2D eigenvalue weighted by molar-refractivity contribution is 5.78. The van der Waals surface area contributed by atoms with Gasteiger partial charge in [0.25, 0.3) is 0 Å². The molecule has 2 fully saturated rings. The van der Waals surface area contributed by atoms with Crippen molar-refractivity contribution in [2.45, 2.75) is 38.3 Å². The van der Waals surface area contributed by atoms with Crippen LogP contribution in [-0.2, 0) is 4.74 Å². The maximum absolute atomic E-state index is 6.30. The summed E-state index contributed by atoms with van der Waals surface area (Å²) >= 11 is 0. The van der Waals surface area contributed by atoms with E-state index in [1.54, 1.807) is 19.5 Å². The minimum atomic E-state index is 0.00301. The van der Waals surface area contributed by atoms with Crippen molar-refractivity contribution in [2.24, 2.45) is 10.7 Å². The van der Waals surface area contributed by atoms with Crippen LogP contribution in [0, 0.1) is 0 Å². The Morgan fingerprint density at radius 2 is 1.78 bits per heavy atom. The number of nitrogens with zero attached hydrogens (tertiary/aromatic N) is 6. The van der Waals surface area contributed by atoms with Gasteiger partial charge in [-0.2, -0.15) is 0 Å². The van der Waals surface area contributed by atoms with Crippen molar-refractivity contribution >= 4 is 11.9 Å². The van der Waals surface area contributed by atoms with E-state index < -0.39 is 0 Å². The fraction of sp³-hybridized carbons (Fsp3) is 0.737. The van der Waals surface area contributed by atoms with Gasteiger partial charge in [-0.25, -0.2) is 9.97 Å². The van der Waals surface area contributed by atoms with E-state index in [0.717, 1.165) is 58.1 Å². The Morgan fingerprint density at radius 1 is 1.15 bits per heavy atom. The number of guanidine groups is 1. The van der Waals surface area contributed by atoms with E-state index in [1.807, 2.05) is 6.07 Å². The first-order valence-corrected chi connectivity index (χ1v) is 9.84. The lowest BCUT2D eigenvalue weighted by atomic mass is 9.97. The van der Waals surface area contributed by atoms with Gasteiger partial charge < -0.3 is 20.3 Å². The van der Waals surface area contributed by atoms with Crippen molar-refractivity contribution < 1.29 is 4.74 Å². The van der Waals surface area contributed by atoms with Crippen LogP contribution in [0.1, 0.15) is 26.7 Å². The molecule has 0 saturated carbocycles. The maximum Gasteiger partial charge on any atom is 0.225 e. The highest BCUT2D eigenvalue weighted by atomic mass is 16.5. The van der Waals surface area contributed by atoms with Gasteiger partial charge in [0.05, 0.1) is 12.6 Å². The van der Waals surface area contributed by atoms with Gasteiger partial charge in [0.15, 0.2) is 5.96 Å². The van der Waals surface area contributed by atoms with Crippen LogP contribution in [0.3, 0.4) is 0 Å². The predicted molar refractivity (Wildman–Crippen MR) is 108 cm³/mol. The minimum absolute atomic E-state index is 0.00301. The molecule has 0 spiro atoms. The average molecular weight is 376 g/mol. The van der Waals surface area contributed by atoms with Gasteiger partial charge in [-0.05, 0) is 32.8 Å². The summed E-state index contributed by atoms with van der Waals surface area (Å²) in [5, 5.41) is 0. The largest absolute Gasteiger partial charge is 0.381 e. The molecule has 27 heavy (non-hydrogen) atoms. The van der Waals surface area contributed by atoms with Gasteiger partial charge in [0.2, 0.25) is 5.95 Å². The molecule has 0 amide bonds. The summed E-state index contributed by atoms with van der Waals surface area (Å²) in [6, 6.07) is 1.84. The smallest absolute Gasteiger partial charge is 0.225 e. The summed E-state index contributed by atoms with van der Waals surface area (Å²) in [4.78, 5) is 20.2. The van der Waals surface area contributed by atoms with E-state index in [2.05, 4.69) is 38.5 Å². The normalized spacial score (nSPS) is 20.9. The average Bonchev–Trinajstić information content (AvgIpc) is 2.73. The molecule has 3 heterocycles. The molecule has 0 unspecified atom stereocenters. The summed E-state index contributed by atoms with van der Waals surface area (Å²) in [5.41, 5.74) is 6.30. The molecule has 0 aromatic carbocycles. The molecule has 0 atom stereocenters. The Bertz CT molecular complexity index is 606. The van der Waals surface area contributed by atoms with Crippen LogP contribution < -0.4 is 10.6 Å². The summed E-state index contributed by atoms with van der Waals surface area (Å²) < 4.78 is 5.48. The number of anilines is 1. The molecule has 2 aliphatic heterocycles. The van der Waals surface area contributed by atoms with Crippen molar-refractivity contribution in [3.05, 3.63) is 18.5 Å². The molecule has 1 aromatic heterocycles. The van der Waals surface area contributed by atoms with Gasteiger partial charge in [-0.3, -0.25) is 9.89 Å². The van der Waals surface area contributed by atoms with E-state index in [0.29, 0.717) is 18.6 Å². The van der Waals surface area contributed by atoms with Crippen LogP contribution in [0.25, 0.3) is 0 Å². The number of nitrogens with two attached hydrogens (primary N) is 1. The van der Waals surface area contributed by atoms with E-state index in [-0.39, 0.29) is 5.54 Å². The highest BCUT2D eigenvalue weighted by Gasteiger charge is 2.31. The van der Waals surface area contributed by atoms with Gasteiger partial charge in [0.1, 0.15) is 0 Å². The van der Waals surface area contributed by atoms with Crippen molar-refractivity contribution in [1.29, 1.82) is 0 Å². The molecule has 2 aliphatic rings. The number of piperazine rings is 1. The number of ether oxygens (including phenoxy) is 1. The summed E-state index contributed by atoms with van der Waals surface area (Å²) in [5.74, 6) is 1.43. The van der Waals surface area contributed by atoms with E-state index >= 15 is 0 Å². The number of aliphatic imine (C=N–C) groups is 1. The first kappa shape index (κ1) is 19.8. The number of methoxy groups -OCH3 is 1. The predicted octanol–water partition coefficient (Wildman–Crippen LogP) is 0.803. The summed E-state index contributed by atoms with van der Waals surface area (Å²) in [7, 11) is 1.81. The van der Waals surface area contributed by atoms with Crippen LogP contribution in [-0.4, -0.2) is 90.3 Å². The van der Waals surface area contributed by atoms with Crippen molar-refractivity contribution in [2.75, 3.05) is 57.8 Å². The van der Waals surface area contributed by atoms with Crippen molar-refractivity contribution in [3.8, 4) is 0 Å². The maximum atomic E-state index is 6.30. The van der Waals surface area contributed by atoms with Crippen molar-refractivity contribution in [1.82, 2.24) is 19.8 Å². The fourth-order valence-electron chi connectivity index (χ4n) is 3.76. The number of piperidine rings is 1. The lowest BCUT2D eigenvalue weighted by Gasteiger charge is -2.42. The number of rotatable bonds is 5. The minimum Gasteiger partial charge on any atom is -0.381 e. The third-order valence-corrected chi connectivity index (χ3v) is 5.70. The zero-order valence-corrected chi connectivity index (χ0v) is 16.8. The van der Waals surface area contributed by atoms with Crippen LogP contribution in [0.15, 0.2) is 23.5 Å². The second kappa shape index (κ2) is 8.84. The zero-order chi connectivity index (χ0) is 19.3. The van der Waals surface area contributed by atoms with Crippen LogP contribution >= 0.6 is 0 Å². The van der Waals surface area contributed by atoms with Gasteiger partial charge in [0, 0.05) is 64.3 Å². The van der Waals surface area contributed by atoms with Crippen LogP contribution in [0.4, 0.5) is 5.95 Å². The molecule has 8 heteroatoms. The van der Waals surface area contributed by atoms with Gasteiger partial charge in [-0.15, -0.1) is 0 Å². The molecule has 0 bridgehead atoms. The second-order valence-electron chi connectivity index (χ2n) is 7.93. The van der Waals surface area contributed by atoms with Crippen LogP contribution in [0.5, 0.6) is 0 Å². The van der Waals surface area contributed by atoms with Gasteiger partial charge in [-0.1, -0.05) is 0 Å². The Balaban J connectivity index is 1.49. The molecular weight excluding hydrogens is 342 g/mol. The zero-order valence-electron chi connectivity index (χ0n) is 16.8. The third-order valence-electron chi connectivity index (χ3n) is 5.70. The lowest BCUT2D eigenvalue weighted by Crippen LogP contribution is -2.53. The fourth-order valence-corrected chi connectivity index (χ4v) is 3.76. The first-order valence-electron chi connectivity index (χ1n) is 9.84. The monoisotopic (exact) mass is 375 g/mol. The molecule has 2 saturated heterocycles. The number of likely N-dealkylation sites (tertiary alicyclic amines) is 1. The molecule has 8 nitrogen and oxygen atoms in total. The van der Waals surface area contributed by atoms with Crippen LogP contribution in [0.2, 0.25) is 0 Å². The molecule has 2 N–H and O–H groups in total. The van der Waals surface area contributed by atoms with E-state index in [4.69, 9.17) is 15.5 Å². The van der Waals surface area contributed by atoms with Crippen molar-refractivity contribution in [3.63, 3.8) is 0 Å². The number of hydrogen-bond donors (Lipinski definition) is 1. The summed E-state index contributed by atoms with van der Waals surface area (Å²) in [6.45, 7) is 10.7. The van der Waals surface area contributed by atoms with E-state index in [9.17, 15) is 0 Å². The molecule has 3 rings (SSSR count). The molecule has 0 aliphatic carbocycles. The van der Waals surface area contributed by atoms with E-state index in [1.165, 1.54) is 0 Å². The first-order chi connectivity index (χ1) is 13.0. The Labute approximate surface area is 162 Å². The molecular formula is C19H33N7O. The third kappa shape index (κ3) is 5.07. The summed E-state index contributed by atoms with van der Waals surface area (Å²) in [6.07, 6.45) is 6.13. The molecule has 150 valence electrons. The molecule has 1 aromatic rings.